The van der Waals surface area contributed by atoms with Crippen molar-refractivity contribution in [2.75, 3.05) is 6.61 Å². The van der Waals surface area contributed by atoms with Crippen LogP contribution in [0.25, 0.3) is 11.1 Å². The first-order chi connectivity index (χ1) is 12.1. The molecule has 4 heteroatoms. The van der Waals surface area contributed by atoms with Crippen LogP contribution in [0, 0.1) is 5.82 Å². The molecule has 0 aliphatic heterocycles. The van der Waals surface area contributed by atoms with Crippen molar-refractivity contribution in [1.29, 1.82) is 0 Å². The molecule has 0 aliphatic rings. The van der Waals surface area contributed by atoms with Crippen molar-refractivity contribution >= 4 is 11.6 Å². The smallest absolute Gasteiger partial charge is 0.134 e. The molecule has 128 valence electrons. The summed E-state index contributed by atoms with van der Waals surface area (Å²) in [4.78, 5) is 0. The van der Waals surface area contributed by atoms with E-state index in [-0.39, 0.29) is 5.75 Å². The molecule has 0 heterocycles. The van der Waals surface area contributed by atoms with Gasteiger partial charge in [-0.15, -0.1) is 0 Å². The lowest BCUT2D eigenvalue weighted by Gasteiger charge is -2.10. The van der Waals surface area contributed by atoms with Gasteiger partial charge in [-0.05, 0) is 66.4 Å². The standard InChI is InChI=1S/C21H18ClFO2/c1-2-25-18-7-3-14(4-8-18)11-16-12-15(5-10-20(16)22)19-9-6-17(24)13-21(19)23/h3-10,12-13,24H,2,11H2,1H3. The minimum Gasteiger partial charge on any atom is -0.508 e. The lowest BCUT2D eigenvalue weighted by atomic mass is 9.98. The quantitative estimate of drug-likeness (QED) is 0.622. The topological polar surface area (TPSA) is 29.5 Å². The predicted octanol–water partition coefficient (Wildman–Crippen LogP) is 5.84. The Balaban J connectivity index is 1.89. The molecule has 0 fully saturated rings. The summed E-state index contributed by atoms with van der Waals surface area (Å²) in [7, 11) is 0. The second-order valence-corrected chi connectivity index (χ2v) is 6.13. The van der Waals surface area contributed by atoms with Gasteiger partial charge in [0.25, 0.3) is 0 Å². The van der Waals surface area contributed by atoms with Crippen molar-refractivity contribution in [3.63, 3.8) is 0 Å². The summed E-state index contributed by atoms with van der Waals surface area (Å²) >= 11 is 6.32. The third kappa shape index (κ3) is 4.12. The Morgan fingerprint density at radius 2 is 1.76 bits per heavy atom. The van der Waals surface area contributed by atoms with Gasteiger partial charge in [-0.25, -0.2) is 4.39 Å². The zero-order valence-corrected chi connectivity index (χ0v) is 14.6. The summed E-state index contributed by atoms with van der Waals surface area (Å²) in [6.45, 7) is 2.58. The Hall–Kier alpha value is -2.52. The highest BCUT2D eigenvalue weighted by molar-refractivity contribution is 6.31. The van der Waals surface area contributed by atoms with Gasteiger partial charge < -0.3 is 9.84 Å². The molecule has 0 atom stereocenters. The number of ether oxygens (including phenoxy) is 1. The van der Waals surface area contributed by atoms with E-state index < -0.39 is 5.82 Å². The van der Waals surface area contributed by atoms with Gasteiger partial charge in [0.2, 0.25) is 0 Å². The highest BCUT2D eigenvalue weighted by atomic mass is 35.5. The molecule has 3 aromatic carbocycles. The molecular weight excluding hydrogens is 339 g/mol. The molecule has 0 unspecified atom stereocenters. The average Bonchev–Trinajstić information content (AvgIpc) is 2.59. The van der Waals surface area contributed by atoms with Crippen LogP contribution in [-0.2, 0) is 6.42 Å². The van der Waals surface area contributed by atoms with E-state index in [1.54, 1.807) is 18.2 Å². The predicted molar refractivity (Wildman–Crippen MR) is 98.9 cm³/mol. The van der Waals surface area contributed by atoms with Crippen molar-refractivity contribution in [1.82, 2.24) is 0 Å². The lowest BCUT2D eigenvalue weighted by molar-refractivity contribution is 0.340. The molecule has 0 aliphatic carbocycles. The maximum absolute atomic E-state index is 14.1. The van der Waals surface area contributed by atoms with Gasteiger partial charge in [0.1, 0.15) is 17.3 Å². The molecule has 0 amide bonds. The molecule has 3 rings (SSSR count). The van der Waals surface area contributed by atoms with E-state index in [9.17, 15) is 9.50 Å². The molecule has 0 radical (unpaired) electrons. The fourth-order valence-electron chi connectivity index (χ4n) is 2.71. The average molecular weight is 357 g/mol. The lowest BCUT2D eigenvalue weighted by Crippen LogP contribution is -1.94. The van der Waals surface area contributed by atoms with Crippen LogP contribution < -0.4 is 4.74 Å². The van der Waals surface area contributed by atoms with Crippen molar-refractivity contribution in [2.24, 2.45) is 0 Å². The van der Waals surface area contributed by atoms with Gasteiger partial charge in [-0.3, -0.25) is 0 Å². The monoisotopic (exact) mass is 356 g/mol. The van der Waals surface area contributed by atoms with Crippen LogP contribution in [0.15, 0.2) is 60.7 Å². The third-order valence-corrected chi connectivity index (χ3v) is 4.31. The van der Waals surface area contributed by atoms with E-state index >= 15 is 0 Å². The Kier molecular flexibility index (Phi) is 5.25. The van der Waals surface area contributed by atoms with Gasteiger partial charge in [-0.2, -0.15) is 0 Å². The molecule has 0 bridgehead atoms. The van der Waals surface area contributed by atoms with Crippen molar-refractivity contribution < 1.29 is 14.2 Å². The molecule has 0 spiro atoms. The summed E-state index contributed by atoms with van der Waals surface area (Å²) in [6.07, 6.45) is 0.638. The van der Waals surface area contributed by atoms with Gasteiger partial charge in [0.05, 0.1) is 6.61 Å². The fourth-order valence-corrected chi connectivity index (χ4v) is 2.89. The minimum atomic E-state index is -0.464. The normalized spacial score (nSPS) is 10.7. The SMILES string of the molecule is CCOc1ccc(Cc2cc(-c3ccc(O)cc3F)ccc2Cl)cc1. The molecule has 25 heavy (non-hydrogen) atoms. The molecular formula is C21H18ClFO2. The van der Waals surface area contributed by atoms with E-state index in [1.165, 1.54) is 6.07 Å². The third-order valence-electron chi connectivity index (χ3n) is 3.94. The van der Waals surface area contributed by atoms with Gasteiger partial charge in [0.15, 0.2) is 0 Å². The molecule has 3 aromatic rings. The molecule has 0 saturated heterocycles. The highest BCUT2D eigenvalue weighted by Crippen LogP contribution is 2.30. The Bertz CT molecular complexity index is 876. The number of phenolic OH excluding ortho intramolecular Hbond substituents is 1. The Morgan fingerprint density at radius 1 is 1.00 bits per heavy atom. The van der Waals surface area contributed by atoms with E-state index in [2.05, 4.69) is 0 Å². The largest absolute Gasteiger partial charge is 0.508 e. The van der Waals surface area contributed by atoms with E-state index in [0.29, 0.717) is 23.6 Å². The fraction of sp³-hybridized carbons (Fsp3) is 0.143. The molecule has 0 aromatic heterocycles. The second kappa shape index (κ2) is 7.58. The van der Waals surface area contributed by atoms with Crippen LogP contribution in [-0.4, -0.2) is 11.7 Å². The molecule has 2 nitrogen and oxygen atoms in total. The van der Waals surface area contributed by atoms with Crippen molar-refractivity contribution in [2.45, 2.75) is 13.3 Å². The van der Waals surface area contributed by atoms with Crippen LogP contribution in [0.1, 0.15) is 18.1 Å². The number of benzene rings is 3. The summed E-state index contributed by atoms with van der Waals surface area (Å²) < 4.78 is 19.6. The van der Waals surface area contributed by atoms with Crippen LogP contribution in [0.4, 0.5) is 4.39 Å². The van der Waals surface area contributed by atoms with Gasteiger partial charge in [-0.1, -0.05) is 29.8 Å². The zero-order chi connectivity index (χ0) is 17.8. The molecule has 0 saturated carbocycles. The first-order valence-corrected chi connectivity index (χ1v) is 8.43. The number of phenols is 1. The second-order valence-electron chi connectivity index (χ2n) is 5.72. The summed E-state index contributed by atoms with van der Waals surface area (Å²) in [6, 6.07) is 17.4. The number of aromatic hydroxyl groups is 1. The summed E-state index contributed by atoms with van der Waals surface area (Å²) in [5.41, 5.74) is 3.16. The van der Waals surface area contributed by atoms with Crippen LogP contribution in [0.3, 0.4) is 0 Å². The zero-order valence-electron chi connectivity index (χ0n) is 13.8. The number of halogens is 2. The van der Waals surface area contributed by atoms with Crippen molar-refractivity contribution in [3.8, 4) is 22.6 Å². The van der Waals surface area contributed by atoms with E-state index in [4.69, 9.17) is 16.3 Å². The highest BCUT2D eigenvalue weighted by Gasteiger charge is 2.10. The van der Waals surface area contributed by atoms with Gasteiger partial charge in [0, 0.05) is 16.7 Å². The number of hydrogen-bond acceptors (Lipinski definition) is 2. The first kappa shape index (κ1) is 17.3. The molecule has 1 N–H and O–H groups in total. The maximum atomic E-state index is 14.1. The van der Waals surface area contributed by atoms with Gasteiger partial charge >= 0.3 is 0 Å². The van der Waals surface area contributed by atoms with Crippen LogP contribution >= 0.6 is 11.6 Å². The Labute approximate surface area is 151 Å². The number of rotatable bonds is 5. The first-order valence-electron chi connectivity index (χ1n) is 8.06. The maximum Gasteiger partial charge on any atom is 0.134 e. The van der Waals surface area contributed by atoms with Crippen LogP contribution in [0.2, 0.25) is 5.02 Å². The Morgan fingerprint density at radius 3 is 2.44 bits per heavy atom. The van der Waals surface area contributed by atoms with E-state index in [1.807, 2.05) is 37.3 Å². The van der Waals surface area contributed by atoms with Crippen molar-refractivity contribution in [3.05, 3.63) is 82.6 Å². The minimum absolute atomic E-state index is 0.0928. The van der Waals surface area contributed by atoms with Crippen LogP contribution in [0.5, 0.6) is 11.5 Å². The van der Waals surface area contributed by atoms with E-state index in [0.717, 1.165) is 28.5 Å². The summed E-state index contributed by atoms with van der Waals surface area (Å²) in [5, 5.41) is 10.0. The number of hydrogen-bond donors (Lipinski definition) is 1. The summed E-state index contributed by atoms with van der Waals surface area (Å²) in [5.74, 6) is 0.274.